The van der Waals surface area contributed by atoms with Crippen molar-refractivity contribution in [3.8, 4) is 0 Å². The third-order valence-electron chi connectivity index (χ3n) is 2.33. The van der Waals surface area contributed by atoms with Gasteiger partial charge in [0.05, 0.1) is 0 Å². The van der Waals surface area contributed by atoms with Crippen molar-refractivity contribution >= 4 is 20.9 Å². The maximum atomic E-state index is 2.26. The minimum absolute atomic E-state index is 0.829. The molecule has 0 heterocycles. The SMILES string of the molecule is Cc1cc[c]([GeH3])c(C)c1C. The molecule has 1 heteroatoms. The quantitative estimate of drug-likeness (QED) is 0.531. The van der Waals surface area contributed by atoms with Crippen LogP contribution in [0.1, 0.15) is 16.7 Å². The van der Waals surface area contributed by atoms with E-state index in [0.717, 1.165) is 16.5 Å². The van der Waals surface area contributed by atoms with Gasteiger partial charge in [-0.2, -0.15) is 0 Å². The number of hydrogen-bond donors (Lipinski definition) is 0. The second-order valence-electron chi connectivity index (χ2n) is 2.95. The average Bonchev–Trinajstić information content (AvgIpc) is 1.93. The fraction of sp³-hybridized carbons (Fsp3) is 0.333. The Morgan fingerprint density at radius 1 is 1.00 bits per heavy atom. The molecule has 0 N–H and O–H groups in total. The van der Waals surface area contributed by atoms with Crippen LogP contribution in [-0.2, 0) is 0 Å². The Balaban J connectivity index is 3.34. The third kappa shape index (κ3) is 1.26. The Hall–Kier alpha value is -0.237. The van der Waals surface area contributed by atoms with Crippen LogP contribution in [0, 0.1) is 20.8 Å². The topological polar surface area (TPSA) is 0 Å². The summed E-state index contributed by atoms with van der Waals surface area (Å²) in [5, 5.41) is 0. The van der Waals surface area contributed by atoms with E-state index in [9.17, 15) is 0 Å². The summed E-state index contributed by atoms with van der Waals surface area (Å²) < 4.78 is 1.58. The monoisotopic (exact) mass is 196 g/mol. The molecule has 54 valence electrons. The van der Waals surface area contributed by atoms with Crippen LogP contribution in [0.15, 0.2) is 12.1 Å². The number of benzene rings is 1. The van der Waals surface area contributed by atoms with Crippen molar-refractivity contribution in [2.45, 2.75) is 20.8 Å². The summed E-state index contributed by atoms with van der Waals surface area (Å²) in [5.74, 6) is 0. The Labute approximate surface area is 70.9 Å². The van der Waals surface area contributed by atoms with Gasteiger partial charge in [0.25, 0.3) is 0 Å². The summed E-state index contributed by atoms with van der Waals surface area (Å²) in [6, 6.07) is 4.49. The third-order valence-corrected chi connectivity index (χ3v) is 4.60. The van der Waals surface area contributed by atoms with Crippen molar-refractivity contribution in [3.05, 3.63) is 28.8 Å². The first-order valence-corrected chi connectivity index (χ1v) is 5.76. The Kier molecular flexibility index (Phi) is 2.19. The van der Waals surface area contributed by atoms with Crippen LogP contribution in [0.5, 0.6) is 0 Å². The number of hydrogen-bond acceptors (Lipinski definition) is 0. The first-order chi connectivity index (χ1) is 4.63. The molecule has 10 heavy (non-hydrogen) atoms. The van der Waals surface area contributed by atoms with E-state index in [4.69, 9.17) is 0 Å². The molecule has 0 saturated carbocycles. The van der Waals surface area contributed by atoms with Gasteiger partial charge in [0, 0.05) is 0 Å². The first-order valence-electron chi connectivity index (χ1n) is 3.66. The van der Waals surface area contributed by atoms with Gasteiger partial charge in [0.2, 0.25) is 0 Å². The molecule has 0 aromatic heterocycles. The minimum atomic E-state index is 0.829. The van der Waals surface area contributed by atoms with Crippen molar-refractivity contribution in [2.75, 3.05) is 0 Å². The molecular weight excluding hydrogens is 181 g/mol. The summed E-state index contributed by atoms with van der Waals surface area (Å²) in [6.07, 6.45) is 0. The second kappa shape index (κ2) is 2.79. The zero-order chi connectivity index (χ0) is 7.72. The summed E-state index contributed by atoms with van der Waals surface area (Å²) in [7, 11) is 0. The Morgan fingerprint density at radius 3 is 2.10 bits per heavy atom. The Morgan fingerprint density at radius 2 is 1.60 bits per heavy atom. The van der Waals surface area contributed by atoms with Gasteiger partial charge in [-0.05, 0) is 0 Å². The van der Waals surface area contributed by atoms with Gasteiger partial charge in [-0.1, -0.05) is 0 Å². The zero-order valence-electron chi connectivity index (χ0n) is 7.15. The van der Waals surface area contributed by atoms with Crippen molar-refractivity contribution in [2.24, 2.45) is 0 Å². The molecule has 0 unspecified atom stereocenters. The van der Waals surface area contributed by atoms with E-state index in [1.54, 1.807) is 4.40 Å². The van der Waals surface area contributed by atoms with E-state index in [1.807, 2.05) is 0 Å². The molecule has 1 rings (SSSR count). The number of aryl methyl sites for hydroxylation is 1. The van der Waals surface area contributed by atoms with Crippen LogP contribution in [0.25, 0.3) is 0 Å². The summed E-state index contributed by atoms with van der Waals surface area (Å²) in [5.41, 5.74) is 4.41. The second-order valence-corrected chi connectivity index (χ2v) is 5.21. The molecule has 0 aliphatic rings. The van der Waals surface area contributed by atoms with Gasteiger partial charge >= 0.3 is 70.5 Å². The standard InChI is InChI=1S/C9H14Ge/c1-6-4-5-9(10)8(3)7(6)2/h4-5H,1-3,10H3. The molecular formula is C9H14Ge. The van der Waals surface area contributed by atoms with E-state index >= 15 is 0 Å². The molecule has 0 spiro atoms. The number of rotatable bonds is 0. The van der Waals surface area contributed by atoms with Gasteiger partial charge in [0.1, 0.15) is 0 Å². The van der Waals surface area contributed by atoms with Gasteiger partial charge in [-0.15, -0.1) is 0 Å². The van der Waals surface area contributed by atoms with Crippen LogP contribution in [-0.4, -0.2) is 16.5 Å². The summed E-state index contributed by atoms with van der Waals surface area (Å²) in [6.45, 7) is 6.61. The van der Waals surface area contributed by atoms with E-state index in [2.05, 4.69) is 32.9 Å². The van der Waals surface area contributed by atoms with Crippen LogP contribution in [0.3, 0.4) is 0 Å². The molecule has 1 aromatic rings. The van der Waals surface area contributed by atoms with Gasteiger partial charge in [0.15, 0.2) is 0 Å². The maximum absolute atomic E-state index is 2.26. The van der Waals surface area contributed by atoms with E-state index in [0.29, 0.717) is 0 Å². The zero-order valence-corrected chi connectivity index (χ0v) is 11.4. The van der Waals surface area contributed by atoms with Crippen LogP contribution < -0.4 is 4.40 Å². The van der Waals surface area contributed by atoms with E-state index in [1.165, 1.54) is 16.7 Å². The van der Waals surface area contributed by atoms with Gasteiger partial charge < -0.3 is 0 Å². The molecule has 0 saturated heterocycles. The first kappa shape index (κ1) is 7.87. The molecule has 0 atom stereocenters. The molecule has 0 fully saturated rings. The van der Waals surface area contributed by atoms with Crippen molar-refractivity contribution in [3.63, 3.8) is 0 Å². The summed E-state index contributed by atoms with van der Waals surface area (Å²) in [4.78, 5) is 0. The van der Waals surface area contributed by atoms with Gasteiger partial charge in [-0.3, -0.25) is 0 Å². The molecule has 0 radical (unpaired) electrons. The van der Waals surface area contributed by atoms with E-state index in [-0.39, 0.29) is 0 Å². The molecule has 0 aliphatic carbocycles. The molecule has 1 aromatic carbocycles. The predicted octanol–water partition coefficient (Wildman–Crippen LogP) is 0.603. The van der Waals surface area contributed by atoms with Gasteiger partial charge in [-0.25, -0.2) is 0 Å². The fourth-order valence-corrected chi connectivity index (χ4v) is 2.23. The predicted molar refractivity (Wildman–Crippen MR) is 50.2 cm³/mol. The van der Waals surface area contributed by atoms with Crippen LogP contribution in [0.4, 0.5) is 0 Å². The molecule has 0 bridgehead atoms. The Bertz CT molecular complexity index is 224. The van der Waals surface area contributed by atoms with Crippen molar-refractivity contribution in [1.82, 2.24) is 0 Å². The fourth-order valence-electron chi connectivity index (χ4n) is 1.09. The van der Waals surface area contributed by atoms with Crippen molar-refractivity contribution < 1.29 is 0 Å². The van der Waals surface area contributed by atoms with Crippen molar-refractivity contribution in [1.29, 1.82) is 0 Å². The molecule has 0 aliphatic heterocycles. The van der Waals surface area contributed by atoms with Crippen LogP contribution >= 0.6 is 0 Å². The van der Waals surface area contributed by atoms with E-state index < -0.39 is 0 Å². The molecule has 0 nitrogen and oxygen atoms in total. The average molecular weight is 195 g/mol. The summed E-state index contributed by atoms with van der Waals surface area (Å²) >= 11 is 0.829. The van der Waals surface area contributed by atoms with Crippen LogP contribution in [0.2, 0.25) is 0 Å². The normalized spacial score (nSPS) is 10.3. The molecule has 0 amide bonds.